The van der Waals surface area contributed by atoms with Crippen LogP contribution < -0.4 is 0 Å². The van der Waals surface area contributed by atoms with Crippen molar-refractivity contribution in [2.45, 2.75) is 6.42 Å². The Kier molecular flexibility index (Phi) is 1.35. The summed E-state index contributed by atoms with van der Waals surface area (Å²) in [5, 5.41) is 0.700. The van der Waals surface area contributed by atoms with E-state index in [0.29, 0.717) is 5.03 Å². The molecular formula is C6H5Cl. The zero-order valence-corrected chi connectivity index (χ0v) is 4.57. The normalized spacial score (nSPS) is 17.0. The number of rotatable bonds is 0. The summed E-state index contributed by atoms with van der Waals surface area (Å²) in [6.45, 7) is 0. The van der Waals surface area contributed by atoms with Crippen LogP contribution >= 0.6 is 11.6 Å². The maximum atomic E-state index is 5.50. The fourth-order valence-corrected chi connectivity index (χ4v) is 0.610. The van der Waals surface area contributed by atoms with Gasteiger partial charge in [-0.3, -0.25) is 0 Å². The molecule has 1 rings (SSSR count). The van der Waals surface area contributed by atoms with Crippen molar-refractivity contribution in [2.24, 2.45) is 0 Å². The van der Waals surface area contributed by atoms with Gasteiger partial charge in [-0.15, -0.1) is 5.73 Å². The molecule has 0 N–H and O–H groups in total. The molecule has 0 aromatic rings. The van der Waals surface area contributed by atoms with Gasteiger partial charge >= 0.3 is 0 Å². The first-order valence-electron chi connectivity index (χ1n) is 2.17. The van der Waals surface area contributed by atoms with Crippen LogP contribution in [-0.2, 0) is 0 Å². The summed E-state index contributed by atoms with van der Waals surface area (Å²) in [7, 11) is 0. The lowest BCUT2D eigenvalue weighted by atomic mass is 10.3. The van der Waals surface area contributed by atoms with E-state index < -0.39 is 0 Å². The molecule has 0 spiro atoms. The molecule has 0 aliphatic heterocycles. The minimum atomic E-state index is 0.700. The Morgan fingerprint density at radius 3 is 2.86 bits per heavy atom. The first-order chi connectivity index (χ1) is 3.39. The fraction of sp³-hybridized carbons (Fsp3) is 0.167. The second-order valence-corrected chi connectivity index (χ2v) is 1.74. The van der Waals surface area contributed by atoms with E-state index >= 15 is 0 Å². The number of allylic oxidation sites excluding steroid dienone is 3. The van der Waals surface area contributed by atoms with Crippen LogP contribution in [0.4, 0.5) is 0 Å². The van der Waals surface area contributed by atoms with E-state index in [2.05, 4.69) is 5.73 Å². The van der Waals surface area contributed by atoms with E-state index in [0.717, 1.165) is 6.42 Å². The van der Waals surface area contributed by atoms with Crippen molar-refractivity contribution in [3.05, 3.63) is 29.0 Å². The Morgan fingerprint density at radius 1 is 1.71 bits per heavy atom. The predicted molar refractivity (Wildman–Crippen MR) is 31.2 cm³/mol. The second-order valence-electron chi connectivity index (χ2n) is 1.33. The molecule has 0 aromatic heterocycles. The highest BCUT2D eigenvalue weighted by molar-refractivity contribution is 6.31. The van der Waals surface area contributed by atoms with Crippen molar-refractivity contribution in [3.8, 4) is 0 Å². The van der Waals surface area contributed by atoms with Crippen LogP contribution in [0.1, 0.15) is 6.42 Å². The molecule has 0 radical (unpaired) electrons. The summed E-state index contributed by atoms with van der Waals surface area (Å²) in [5.74, 6) is 0. The minimum Gasteiger partial charge on any atom is -0.105 e. The van der Waals surface area contributed by atoms with Gasteiger partial charge in [0.15, 0.2) is 0 Å². The van der Waals surface area contributed by atoms with Gasteiger partial charge < -0.3 is 0 Å². The quantitative estimate of drug-likeness (QED) is 0.422. The van der Waals surface area contributed by atoms with E-state index in [1.54, 1.807) is 0 Å². The summed E-state index contributed by atoms with van der Waals surface area (Å²) < 4.78 is 0. The van der Waals surface area contributed by atoms with Gasteiger partial charge in [-0.2, -0.15) is 0 Å². The topological polar surface area (TPSA) is 0 Å². The maximum Gasteiger partial charge on any atom is 0.0818 e. The molecule has 0 atom stereocenters. The highest BCUT2D eigenvalue weighted by Gasteiger charge is 1.82. The van der Waals surface area contributed by atoms with E-state index in [-0.39, 0.29) is 0 Å². The summed E-state index contributed by atoms with van der Waals surface area (Å²) >= 11 is 5.50. The van der Waals surface area contributed by atoms with Crippen LogP contribution in [-0.4, -0.2) is 0 Å². The van der Waals surface area contributed by atoms with E-state index in [9.17, 15) is 0 Å². The maximum absolute atomic E-state index is 5.50. The lowest BCUT2D eigenvalue weighted by molar-refractivity contribution is 1.38. The van der Waals surface area contributed by atoms with Gasteiger partial charge in [0.05, 0.1) is 5.03 Å². The molecule has 7 heavy (non-hydrogen) atoms. The summed E-state index contributed by atoms with van der Waals surface area (Å²) in [5.41, 5.74) is 2.85. The molecule has 0 unspecified atom stereocenters. The fourth-order valence-electron chi connectivity index (χ4n) is 0.444. The Morgan fingerprint density at radius 2 is 2.57 bits per heavy atom. The SMILES string of the molecule is ClC1=C=CCC=C1. The predicted octanol–water partition coefficient (Wildman–Crippen LogP) is 2.22. The van der Waals surface area contributed by atoms with Crippen molar-refractivity contribution in [1.82, 2.24) is 0 Å². The van der Waals surface area contributed by atoms with Gasteiger partial charge in [-0.25, -0.2) is 0 Å². The third kappa shape index (κ3) is 1.23. The van der Waals surface area contributed by atoms with Gasteiger partial charge in [0.25, 0.3) is 0 Å². The summed E-state index contributed by atoms with van der Waals surface area (Å²) in [4.78, 5) is 0. The summed E-state index contributed by atoms with van der Waals surface area (Å²) in [6.07, 6.45) is 6.72. The molecule has 36 valence electrons. The van der Waals surface area contributed by atoms with Crippen LogP contribution in [0.25, 0.3) is 0 Å². The zero-order valence-electron chi connectivity index (χ0n) is 3.82. The van der Waals surface area contributed by atoms with Crippen LogP contribution in [0.5, 0.6) is 0 Å². The van der Waals surface area contributed by atoms with E-state index in [1.165, 1.54) is 0 Å². The molecule has 0 bridgehead atoms. The van der Waals surface area contributed by atoms with Crippen molar-refractivity contribution in [1.29, 1.82) is 0 Å². The number of halogens is 1. The third-order valence-electron chi connectivity index (χ3n) is 0.758. The van der Waals surface area contributed by atoms with E-state index in [4.69, 9.17) is 11.6 Å². The second kappa shape index (κ2) is 2.02. The molecule has 1 heteroatoms. The minimum absolute atomic E-state index is 0.700. The zero-order chi connectivity index (χ0) is 5.11. The lowest BCUT2D eigenvalue weighted by Gasteiger charge is -1.85. The Labute approximate surface area is 47.8 Å². The van der Waals surface area contributed by atoms with Crippen molar-refractivity contribution >= 4 is 11.6 Å². The van der Waals surface area contributed by atoms with Crippen LogP contribution in [0.2, 0.25) is 0 Å². The molecule has 0 amide bonds. The summed E-state index contributed by atoms with van der Waals surface area (Å²) in [6, 6.07) is 0. The van der Waals surface area contributed by atoms with Crippen LogP contribution in [0, 0.1) is 0 Å². The third-order valence-corrected chi connectivity index (χ3v) is 0.993. The largest absolute Gasteiger partial charge is 0.105 e. The Balaban J connectivity index is 2.89. The lowest BCUT2D eigenvalue weighted by Crippen LogP contribution is -1.65. The average molecular weight is 113 g/mol. The molecule has 0 nitrogen and oxygen atoms in total. The number of hydrogen-bond donors (Lipinski definition) is 0. The molecule has 1 aliphatic rings. The van der Waals surface area contributed by atoms with Gasteiger partial charge in [0.1, 0.15) is 0 Å². The smallest absolute Gasteiger partial charge is 0.0818 e. The van der Waals surface area contributed by atoms with Gasteiger partial charge in [0.2, 0.25) is 0 Å². The molecule has 0 fully saturated rings. The Hall–Kier alpha value is -0.450. The standard InChI is InChI=1S/C6H5Cl/c7-6-4-2-1-3-5-6/h2-4H,1H2. The van der Waals surface area contributed by atoms with Gasteiger partial charge in [-0.1, -0.05) is 17.7 Å². The van der Waals surface area contributed by atoms with Crippen LogP contribution in [0.15, 0.2) is 29.0 Å². The van der Waals surface area contributed by atoms with Gasteiger partial charge in [-0.05, 0) is 18.6 Å². The molecule has 0 saturated carbocycles. The molecular weight excluding hydrogens is 108 g/mol. The molecule has 1 aliphatic carbocycles. The molecule has 0 saturated heterocycles. The molecule has 0 heterocycles. The van der Waals surface area contributed by atoms with Crippen molar-refractivity contribution < 1.29 is 0 Å². The van der Waals surface area contributed by atoms with E-state index in [1.807, 2.05) is 18.2 Å². The molecule has 0 aromatic carbocycles. The van der Waals surface area contributed by atoms with Crippen LogP contribution in [0.3, 0.4) is 0 Å². The van der Waals surface area contributed by atoms with Crippen molar-refractivity contribution in [3.63, 3.8) is 0 Å². The highest BCUT2D eigenvalue weighted by Crippen LogP contribution is 2.05. The Bertz CT molecular complexity index is 148. The van der Waals surface area contributed by atoms with Gasteiger partial charge in [0, 0.05) is 0 Å². The van der Waals surface area contributed by atoms with Crippen molar-refractivity contribution in [2.75, 3.05) is 0 Å². The average Bonchev–Trinajstić information content (AvgIpc) is 1.69. The monoisotopic (exact) mass is 112 g/mol. The number of hydrogen-bond acceptors (Lipinski definition) is 0. The first-order valence-corrected chi connectivity index (χ1v) is 2.54. The first kappa shape index (κ1) is 4.70. The highest BCUT2D eigenvalue weighted by atomic mass is 35.5.